The van der Waals surface area contributed by atoms with Crippen LogP contribution in [-0.4, -0.2) is 43.9 Å². The minimum atomic E-state index is -3.34. The van der Waals surface area contributed by atoms with Crippen molar-refractivity contribution in [2.75, 3.05) is 17.6 Å². The third-order valence-corrected chi connectivity index (χ3v) is 6.07. The molecule has 0 spiro atoms. The molecule has 1 amide bonds. The van der Waals surface area contributed by atoms with E-state index in [0.717, 1.165) is 15.4 Å². The molecule has 154 valence electrons. The number of nitrogens with zero attached hydrogens (tertiary/aromatic N) is 3. The van der Waals surface area contributed by atoms with Crippen LogP contribution in [0.4, 0.5) is 5.69 Å². The van der Waals surface area contributed by atoms with Crippen molar-refractivity contribution in [3.63, 3.8) is 0 Å². The highest BCUT2D eigenvalue weighted by atomic mass is 32.2. The highest BCUT2D eigenvalue weighted by Gasteiger charge is 2.17. The molecule has 0 saturated heterocycles. The molecule has 0 aliphatic rings. The number of rotatable bonds is 8. The van der Waals surface area contributed by atoms with Gasteiger partial charge in [0.1, 0.15) is 5.75 Å². The van der Waals surface area contributed by atoms with Crippen LogP contribution in [0.3, 0.4) is 0 Å². The standard InChI is InChI=1S/C18H20N4O5S2/c1-12(26-14-8-6-13(7-9-14)22(2)29(3,24)25)18(23)19-11-16-20-17(21-27-16)15-5-4-10-28-15/h4-10,12H,11H2,1-3H3,(H,19,23)/t12-/m0/s1. The molecule has 29 heavy (non-hydrogen) atoms. The van der Waals surface area contributed by atoms with E-state index in [1.165, 1.54) is 18.4 Å². The summed E-state index contributed by atoms with van der Waals surface area (Å²) in [6, 6.07) is 10.2. The number of thiophene rings is 1. The lowest BCUT2D eigenvalue weighted by molar-refractivity contribution is -0.127. The molecule has 0 unspecified atom stereocenters. The van der Waals surface area contributed by atoms with Crippen molar-refractivity contribution in [3.05, 3.63) is 47.7 Å². The van der Waals surface area contributed by atoms with Crippen LogP contribution in [0.25, 0.3) is 10.7 Å². The van der Waals surface area contributed by atoms with Crippen molar-refractivity contribution < 1.29 is 22.5 Å². The van der Waals surface area contributed by atoms with Crippen LogP contribution in [0.5, 0.6) is 5.75 Å². The Balaban J connectivity index is 1.53. The predicted molar refractivity (Wildman–Crippen MR) is 109 cm³/mol. The van der Waals surface area contributed by atoms with Gasteiger partial charge in [0.15, 0.2) is 6.10 Å². The summed E-state index contributed by atoms with van der Waals surface area (Å²) < 4.78 is 35.0. The fourth-order valence-electron chi connectivity index (χ4n) is 2.32. The van der Waals surface area contributed by atoms with Crippen LogP contribution in [-0.2, 0) is 21.4 Å². The second kappa shape index (κ2) is 8.62. The van der Waals surface area contributed by atoms with Crippen molar-refractivity contribution in [2.45, 2.75) is 19.6 Å². The Morgan fingerprint density at radius 2 is 2.03 bits per heavy atom. The third kappa shape index (κ3) is 5.33. The van der Waals surface area contributed by atoms with Crippen molar-refractivity contribution in [1.29, 1.82) is 0 Å². The second-order valence-electron chi connectivity index (χ2n) is 6.19. The van der Waals surface area contributed by atoms with Gasteiger partial charge in [-0.2, -0.15) is 4.98 Å². The molecular formula is C18H20N4O5S2. The number of hydrogen-bond acceptors (Lipinski definition) is 8. The van der Waals surface area contributed by atoms with Crippen molar-refractivity contribution in [1.82, 2.24) is 15.5 Å². The van der Waals surface area contributed by atoms with Gasteiger partial charge in [0.2, 0.25) is 21.7 Å². The summed E-state index contributed by atoms with van der Waals surface area (Å²) in [5, 5.41) is 8.48. The van der Waals surface area contributed by atoms with Crippen LogP contribution in [0.15, 0.2) is 46.3 Å². The summed E-state index contributed by atoms with van der Waals surface area (Å²) in [5.74, 6) is 0.865. The summed E-state index contributed by atoms with van der Waals surface area (Å²) in [6.45, 7) is 1.69. The average Bonchev–Trinajstić information content (AvgIpc) is 3.37. The summed E-state index contributed by atoms with van der Waals surface area (Å²) in [6.07, 6.45) is 0.351. The van der Waals surface area contributed by atoms with E-state index in [-0.39, 0.29) is 12.5 Å². The predicted octanol–water partition coefficient (Wildman–Crippen LogP) is 2.28. The van der Waals surface area contributed by atoms with E-state index in [2.05, 4.69) is 15.5 Å². The maximum atomic E-state index is 12.3. The average molecular weight is 437 g/mol. The van der Waals surface area contributed by atoms with Gasteiger partial charge in [0.05, 0.1) is 23.4 Å². The Morgan fingerprint density at radius 3 is 2.66 bits per heavy atom. The molecule has 2 aromatic heterocycles. The van der Waals surface area contributed by atoms with Crippen LogP contribution in [0.2, 0.25) is 0 Å². The first-order valence-corrected chi connectivity index (χ1v) is 11.3. The number of sulfonamides is 1. The fourth-order valence-corrected chi connectivity index (χ4v) is 3.48. The molecule has 1 atom stereocenters. The normalized spacial score (nSPS) is 12.4. The molecule has 3 aromatic rings. The summed E-state index contributed by atoms with van der Waals surface area (Å²) >= 11 is 1.50. The first kappa shape index (κ1) is 20.8. The number of ether oxygens (including phenoxy) is 1. The lowest BCUT2D eigenvalue weighted by atomic mass is 10.3. The van der Waals surface area contributed by atoms with Gasteiger partial charge in [0.25, 0.3) is 5.91 Å². The molecule has 0 aliphatic heterocycles. The molecule has 9 nitrogen and oxygen atoms in total. The van der Waals surface area contributed by atoms with Crippen molar-refractivity contribution in [2.24, 2.45) is 0 Å². The van der Waals surface area contributed by atoms with Gasteiger partial charge in [-0.25, -0.2) is 8.42 Å². The molecule has 1 N–H and O–H groups in total. The van der Waals surface area contributed by atoms with Crippen LogP contribution < -0.4 is 14.4 Å². The fraction of sp³-hybridized carbons (Fsp3) is 0.278. The number of anilines is 1. The Bertz CT molecular complexity index is 1060. The number of hydrogen-bond donors (Lipinski definition) is 1. The lowest BCUT2D eigenvalue weighted by Gasteiger charge is -2.18. The van der Waals surface area contributed by atoms with E-state index in [0.29, 0.717) is 23.2 Å². The molecule has 2 heterocycles. The van der Waals surface area contributed by atoms with Gasteiger partial charge < -0.3 is 14.6 Å². The molecule has 1 aromatic carbocycles. The SMILES string of the molecule is C[C@H](Oc1ccc(N(C)S(C)(=O)=O)cc1)C(=O)NCc1nc(-c2cccs2)no1. The quantitative estimate of drug-likeness (QED) is 0.576. The molecule has 0 fully saturated rings. The van der Waals surface area contributed by atoms with E-state index >= 15 is 0 Å². The lowest BCUT2D eigenvalue weighted by Crippen LogP contribution is -2.36. The summed E-state index contributed by atoms with van der Waals surface area (Å²) in [4.78, 5) is 17.4. The van der Waals surface area contributed by atoms with Gasteiger partial charge in [-0.05, 0) is 42.6 Å². The third-order valence-electron chi connectivity index (χ3n) is 4.00. The smallest absolute Gasteiger partial charge is 0.261 e. The van der Waals surface area contributed by atoms with Gasteiger partial charge in [-0.1, -0.05) is 11.2 Å². The number of carbonyl (C=O) groups is 1. The van der Waals surface area contributed by atoms with E-state index in [9.17, 15) is 13.2 Å². The van der Waals surface area contributed by atoms with Gasteiger partial charge in [0, 0.05) is 7.05 Å². The molecule has 0 radical (unpaired) electrons. The van der Waals surface area contributed by atoms with Crippen molar-refractivity contribution >= 4 is 33.0 Å². The van der Waals surface area contributed by atoms with Gasteiger partial charge in [-0.15, -0.1) is 11.3 Å². The topological polar surface area (TPSA) is 115 Å². The maximum absolute atomic E-state index is 12.3. The first-order valence-electron chi connectivity index (χ1n) is 8.59. The number of amides is 1. The summed E-state index contributed by atoms with van der Waals surface area (Å²) in [5.41, 5.74) is 0.495. The van der Waals surface area contributed by atoms with E-state index < -0.39 is 16.1 Å². The Kier molecular flexibility index (Phi) is 6.18. The Labute approximate surface area is 172 Å². The zero-order valence-corrected chi connectivity index (χ0v) is 17.7. The summed E-state index contributed by atoms with van der Waals surface area (Å²) in [7, 11) is -1.88. The molecule has 11 heteroatoms. The van der Waals surface area contributed by atoms with Gasteiger partial charge in [-0.3, -0.25) is 9.10 Å². The van der Waals surface area contributed by atoms with Gasteiger partial charge >= 0.3 is 0 Å². The second-order valence-corrected chi connectivity index (χ2v) is 9.15. The zero-order chi connectivity index (χ0) is 21.0. The number of aromatic nitrogens is 2. The van der Waals surface area contributed by atoms with Crippen LogP contribution in [0.1, 0.15) is 12.8 Å². The minimum absolute atomic E-state index is 0.0863. The van der Waals surface area contributed by atoms with E-state index in [1.54, 1.807) is 31.2 Å². The molecule has 3 rings (SSSR count). The zero-order valence-electron chi connectivity index (χ0n) is 16.0. The maximum Gasteiger partial charge on any atom is 0.261 e. The number of nitrogens with one attached hydrogen (secondary N) is 1. The monoisotopic (exact) mass is 436 g/mol. The van der Waals surface area contributed by atoms with Crippen LogP contribution in [0, 0.1) is 0 Å². The van der Waals surface area contributed by atoms with Crippen LogP contribution >= 0.6 is 11.3 Å². The highest BCUT2D eigenvalue weighted by molar-refractivity contribution is 7.92. The largest absolute Gasteiger partial charge is 0.481 e. The minimum Gasteiger partial charge on any atom is -0.481 e. The molecular weight excluding hydrogens is 416 g/mol. The molecule has 0 saturated carbocycles. The highest BCUT2D eigenvalue weighted by Crippen LogP contribution is 2.22. The first-order chi connectivity index (χ1) is 13.7. The van der Waals surface area contributed by atoms with E-state index in [4.69, 9.17) is 9.26 Å². The number of carbonyl (C=O) groups excluding carboxylic acids is 1. The number of benzene rings is 1. The van der Waals surface area contributed by atoms with E-state index in [1.807, 2.05) is 17.5 Å². The molecule has 0 aliphatic carbocycles. The van der Waals surface area contributed by atoms with Crippen molar-refractivity contribution in [3.8, 4) is 16.5 Å². The Hall–Kier alpha value is -2.92. The molecule has 0 bridgehead atoms. The Morgan fingerprint density at radius 1 is 1.31 bits per heavy atom.